The Morgan fingerprint density at radius 1 is 1.39 bits per heavy atom. The number of hydrogen-bond donors (Lipinski definition) is 2. The van der Waals surface area contributed by atoms with Crippen LogP contribution in [0.25, 0.3) is 10.2 Å². The molecule has 0 aliphatic carbocycles. The number of thioether (sulfide) groups is 2. The molecule has 2 heterocycles. The van der Waals surface area contributed by atoms with Crippen LogP contribution in [0.2, 0.25) is 0 Å². The Morgan fingerprint density at radius 3 is 3.17 bits per heavy atom. The number of thiazole rings is 1. The van der Waals surface area contributed by atoms with Gasteiger partial charge in [-0.3, -0.25) is 0 Å². The van der Waals surface area contributed by atoms with Gasteiger partial charge in [0, 0.05) is 34.7 Å². The number of nitrogens with one attached hydrogen (secondary N) is 1. The minimum atomic E-state index is 0.709. The van der Waals surface area contributed by atoms with Crippen molar-refractivity contribution in [2.75, 3.05) is 34.9 Å². The van der Waals surface area contributed by atoms with Crippen molar-refractivity contribution in [3.8, 4) is 0 Å². The Kier molecular flexibility index (Phi) is 3.86. The molecule has 0 amide bonds. The largest absolute Gasteiger partial charge is 0.399 e. The Labute approximate surface area is 119 Å². The van der Waals surface area contributed by atoms with Crippen LogP contribution in [0.1, 0.15) is 0 Å². The van der Waals surface area contributed by atoms with Gasteiger partial charge in [-0.25, -0.2) is 4.98 Å². The van der Waals surface area contributed by atoms with E-state index in [0.29, 0.717) is 5.25 Å². The van der Waals surface area contributed by atoms with Crippen LogP contribution in [0.3, 0.4) is 0 Å². The molecule has 1 aliphatic heterocycles. The van der Waals surface area contributed by atoms with Gasteiger partial charge in [0.25, 0.3) is 0 Å². The summed E-state index contributed by atoms with van der Waals surface area (Å²) in [6, 6.07) is 5.88. The lowest BCUT2D eigenvalue weighted by Gasteiger charge is -2.20. The Morgan fingerprint density at radius 2 is 2.33 bits per heavy atom. The smallest absolute Gasteiger partial charge is 0.183 e. The number of nitrogens with two attached hydrogens (primary N) is 1. The predicted octanol–water partition coefficient (Wildman–Crippen LogP) is 3.14. The van der Waals surface area contributed by atoms with Crippen molar-refractivity contribution in [1.82, 2.24) is 4.98 Å². The first kappa shape index (κ1) is 12.4. The second-order valence-corrected chi connectivity index (χ2v) is 7.78. The highest BCUT2D eigenvalue weighted by Crippen LogP contribution is 2.29. The van der Waals surface area contributed by atoms with E-state index in [-0.39, 0.29) is 0 Å². The number of hydrogen-bond acceptors (Lipinski definition) is 6. The third-order valence-corrected chi connectivity index (χ3v) is 6.60. The number of aromatic nitrogens is 1. The van der Waals surface area contributed by atoms with E-state index in [0.717, 1.165) is 27.6 Å². The number of anilines is 2. The average Bonchev–Trinajstić information content (AvgIpc) is 2.79. The van der Waals surface area contributed by atoms with Crippen molar-refractivity contribution in [3.05, 3.63) is 18.2 Å². The number of rotatable bonds is 3. The van der Waals surface area contributed by atoms with Crippen LogP contribution in [0.5, 0.6) is 0 Å². The summed E-state index contributed by atoms with van der Waals surface area (Å²) < 4.78 is 1.16. The lowest BCUT2D eigenvalue weighted by Crippen LogP contribution is -2.23. The van der Waals surface area contributed by atoms with Gasteiger partial charge in [-0.2, -0.15) is 23.5 Å². The molecule has 3 N–H and O–H groups in total. The van der Waals surface area contributed by atoms with E-state index in [1.807, 2.05) is 18.2 Å². The van der Waals surface area contributed by atoms with E-state index in [1.165, 1.54) is 17.3 Å². The summed E-state index contributed by atoms with van der Waals surface area (Å²) >= 11 is 5.80. The van der Waals surface area contributed by atoms with Crippen LogP contribution in [-0.2, 0) is 0 Å². The van der Waals surface area contributed by atoms with Crippen molar-refractivity contribution < 1.29 is 0 Å². The van der Waals surface area contributed by atoms with E-state index >= 15 is 0 Å². The highest BCUT2D eigenvalue weighted by atomic mass is 32.2. The summed E-state index contributed by atoms with van der Waals surface area (Å²) in [5.41, 5.74) is 7.61. The molecule has 96 valence electrons. The first-order valence-corrected chi connectivity index (χ1v) is 8.92. The zero-order valence-corrected chi connectivity index (χ0v) is 12.3. The molecule has 0 bridgehead atoms. The second kappa shape index (κ2) is 5.59. The van der Waals surface area contributed by atoms with Crippen LogP contribution in [-0.4, -0.2) is 34.0 Å². The molecule has 3 rings (SSSR count). The molecule has 0 radical (unpaired) electrons. The minimum Gasteiger partial charge on any atom is -0.399 e. The summed E-state index contributed by atoms with van der Waals surface area (Å²) in [5, 5.41) is 5.17. The van der Waals surface area contributed by atoms with Crippen molar-refractivity contribution in [2.24, 2.45) is 0 Å². The summed E-state index contributed by atoms with van der Waals surface area (Å²) in [4.78, 5) is 4.57. The summed E-state index contributed by atoms with van der Waals surface area (Å²) in [6.45, 7) is 1.01. The normalized spacial score (nSPS) is 20.1. The summed E-state index contributed by atoms with van der Waals surface area (Å²) in [6.07, 6.45) is 0. The molecule has 1 atom stereocenters. The molecule has 18 heavy (non-hydrogen) atoms. The molecule has 1 aliphatic rings. The van der Waals surface area contributed by atoms with Gasteiger partial charge in [0.05, 0.1) is 10.2 Å². The average molecular weight is 297 g/mol. The SMILES string of the molecule is Nc1ccc2nc(NCC3CSCCS3)sc2c1. The standard InChI is InChI=1S/C12H15N3S3/c13-8-1-2-10-11(5-8)18-12(15-10)14-6-9-7-16-3-4-17-9/h1-2,5,9H,3-4,6-7,13H2,(H,14,15). The first-order chi connectivity index (χ1) is 8.81. The van der Waals surface area contributed by atoms with Crippen molar-refractivity contribution in [2.45, 2.75) is 5.25 Å². The zero-order chi connectivity index (χ0) is 12.4. The van der Waals surface area contributed by atoms with Gasteiger partial charge in [0.15, 0.2) is 5.13 Å². The third kappa shape index (κ3) is 2.87. The number of nitrogens with zero attached hydrogens (tertiary/aromatic N) is 1. The van der Waals surface area contributed by atoms with Gasteiger partial charge >= 0.3 is 0 Å². The highest BCUT2D eigenvalue weighted by molar-refractivity contribution is 8.06. The fraction of sp³-hybridized carbons (Fsp3) is 0.417. The van der Waals surface area contributed by atoms with E-state index in [2.05, 4.69) is 33.8 Å². The molecule has 3 nitrogen and oxygen atoms in total. The molecule has 1 aromatic heterocycles. The van der Waals surface area contributed by atoms with Gasteiger partial charge in [-0.05, 0) is 18.2 Å². The molecule has 6 heteroatoms. The monoisotopic (exact) mass is 297 g/mol. The van der Waals surface area contributed by atoms with E-state index in [4.69, 9.17) is 5.73 Å². The van der Waals surface area contributed by atoms with Crippen LogP contribution in [0, 0.1) is 0 Å². The maximum Gasteiger partial charge on any atom is 0.183 e. The van der Waals surface area contributed by atoms with E-state index in [9.17, 15) is 0 Å². The fourth-order valence-corrected chi connectivity index (χ4v) is 5.41. The third-order valence-electron chi connectivity index (χ3n) is 2.78. The topological polar surface area (TPSA) is 50.9 Å². The fourth-order valence-electron chi connectivity index (χ4n) is 1.87. The van der Waals surface area contributed by atoms with Gasteiger partial charge in [0.1, 0.15) is 0 Å². The molecule has 2 aromatic rings. The highest BCUT2D eigenvalue weighted by Gasteiger charge is 2.14. The number of fused-ring (bicyclic) bond motifs is 1. The molecule has 1 aromatic carbocycles. The Balaban J connectivity index is 1.67. The Hall–Kier alpha value is -0.590. The van der Waals surface area contributed by atoms with Gasteiger partial charge < -0.3 is 11.1 Å². The summed E-state index contributed by atoms with van der Waals surface area (Å²) in [7, 11) is 0. The molecule has 0 saturated carbocycles. The molecule has 1 unspecified atom stereocenters. The lowest BCUT2D eigenvalue weighted by molar-refractivity contribution is 1.00. The predicted molar refractivity (Wildman–Crippen MR) is 86.1 cm³/mol. The van der Waals surface area contributed by atoms with Crippen LogP contribution < -0.4 is 11.1 Å². The van der Waals surface area contributed by atoms with Crippen molar-refractivity contribution >= 4 is 55.9 Å². The van der Waals surface area contributed by atoms with Gasteiger partial charge in [-0.1, -0.05) is 11.3 Å². The lowest BCUT2D eigenvalue weighted by atomic mass is 10.3. The molecular weight excluding hydrogens is 282 g/mol. The molecule has 1 saturated heterocycles. The van der Waals surface area contributed by atoms with Gasteiger partial charge in [0.2, 0.25) is 0 Å². The van der Waals surface area contributed by atoms with E-state index < -0.39 is 0 Å². The van der Waals surface area contributed by atoms with Crippen LogP contribution >= 0.6 is 34.9 Å². The maximum atomic E-state index is 5.78. The molecule has 1 fully saturated rings. The van der Waals surface area contributed by atoms with E-state index in [1.54, 1.807) is 11.3 Å². The number of nitrogen functional groups attached to an aromatic ring is 1. The number of benzene rings is 1. The zero-order valence-electron chi connectivity index (χ0n) is 9.89. The minimum absolute atomic E-state index is 0.709. The Bertz CT molecular complexity index is 534. The van der Waals surface area contributed by atoms with Crippen molar-refractivity contribution in [1.29, 1.82) is 0 Å². The maximum absolute atomic E-state index is 5.78. The molecule has 0 spiro atoms. The van der Waals surface area contributed by atoms with Crippen molar-refractivity contribution in [3.63, 3.8) is 0 Å². The molecular formula is C12H15N3S3. The van der Waals surface area contributed by atoms with Crippen LogP contribution in [0.4, 0.5) is 10.8 Å². The quantitative estimate of drug-likeness (QED) is 0.852. The first-order valence-electron chi connectivity index (χ1n) is 5.90. The second-order valence-electron chi connectivity index (χ2n) is 4.19. The van der Waals surface area contributed by atoms with Gasteiger partial charge in [-0.15, -0.1) is 0 Å². The summed E-state index contributed by atoms with van der Waals surface area (Å²) in [5.74, 6) is 3.81. The van der Waals surface area contributed by atoms with Crippen LogP contribution in [0.15, 0.2) is 18.2 Å².